The number of aromatic nitrogens is 2. The van der Waals surface area contributed by atoms with Crippen molar-refractivity contribution < 1.29 is 8.42 Å². The van der Waals surface area contributed by atoms with Crippen LogP contribution in [0.5, 0.6) is 0 Å². The third-order valence-electron chi connectivity index (χ3n) is 2.31. The largest absolute Gasteiger partial charge is 0.318 e. The van der Waals surface area contributed by atoms with Crippen LogP contribution in [0.25, 0.3) is 0 Å². The average Bonchev–Trinajstić information content (AvgIpc) is 2.27. The van der Waals surface area contributed by atoms with Gasteiger partial charge in [0, 0.05) is 12.7 Å². The minimum absolute atomic E-state index is 0.194. The third kappa shape index (κ3) is 4.37. The Bertz CT molecular complexity index is 461. The number of hydrogen-bond acceptors (Lipinski definition) is 5. The van der Waals surface area contributed by atoms with Crippen molar-refractivity contribution >= 4 is 10.0 Å². The zero-order chi connectivity index (χ0) is 12.9. The molecule has 0 saturated carbocycles. The molecule has 7 heteroatoms. The molecular formula is C10H18N4O2S. The second-order valence-corrected chi connectivity index (χ2v) is 6.01. The van der Waals surface area contributed by atoms with Crippen LogP contribution < -0.4 is 10.0 Å². The number of nitrogens with zero attached hydrogens (tertiary/aromatic N) is 2. The molecule has 17 heavy (non-hydrogen) atoms. The van der Waals surface area contributed by atoms with E-state index in [1.807, 2.05) is 0 Å². The molecule has 2 N–H and O–H groups in total. The highest BCUT2D eigenvalue weighted by atomic mass is 32.2. The van der Waals surface area contributed by atoms with Gasteiger partial charge in [-0.3, -0.25) is 0 Å². The van der Waals surface area contributed by atoms with Gasteiger partial charge >= 0.3 is 0 Å². The van der Waals surface area contributed by atoms with Crippen LogP contribution in [0.3, 0.4) is 0 Å². The third-order valence-corrected chi connectivity index (χ3v) is 4.08. The Morgan fingerprint density at radius 2 is 2.18 bits per heavy atom. The number of rotatable bonds is 6. The molecule has 0 bridgehead atoms. The molecule has 0 saturated heterocycles. The molecular weight excluding hydrogens is 240 g/mol. The molecule has 0 spiro atoms. The maximum Gasteiger partial charge on any atom is 0.215 e. The van der Waals surface area contributed by atoms with Crippen LogP contribution >= 0.6 is 0 Å². The van der Waals surface area contributed by atoms with Crippen LogP contribution in [0.2, 0.25) is 0 Å². The lowest BCUT2D eigenvalue weighted by Gasteiger charge is -2.13. The summed E-state index contributed by atoms with van der Waals surface area (Å²) in [5.74, 6) is 0.630. The van der Waals surface area contributed by atoms with Crippen molar-refractivity contribution in [2.75, 3.05) is 13.6 Å². The summed E-state index contributed by atoms with van der Waals surface area (Å²) in [5, 5.41) is 2.36. The van der Waals surface area contributed by atoms with Gasteiger partial charge in [0.05, 0.1) is 17.5 Å². The molecule has 0 fully saturated rings. The number of hydrogen-bond donors (Lipinski definition) is 2. The van der Waals surface area contributed by atoms with Crippen LogP contribution in [-0.4, -0.2) is 37.2 Å². The molecule has 1 aromatic heterocycles. The zero-order valence-electron chi connectivity index (χ0n) is 10.3. The van der Waals surface area contributed by atoms with Gasteiger partial charge in [0.2, 0.25) is 10.0 Å². The first-order valence-corrected chi connectivity index (χ1v) is 6.92. The van der Waals surface area contributed by atoms with Gasteiger partial charge in [-0.05, 0) is 27.0 Å². The fourth-order valence-electron chi connectivity index (χ4n) is 1.32. The lowest BCUT2D eigenvalue weighted by atomic mass is 10.4. The minimum Gasteiger partial charge on any atom is -0.318 e. The Balaban J connectivity index is 2.61. The van der Waals surface area contributed by atoms with E-state index in [1.54, 1.807) is 33.2 Å². The smallest absolute Gasteiger partial charge is 0.215 e. The summed E-state index contributed by atoms with van der Waals surface area (Å²) in [4.78, 5) is 8.08. The van der Waals surface area contributed by atoms with E-state index in [2.05, 4.69) is 20.0 Å². The SMILES string of the molecule is CNCC(C)S(=O)(=O)NCc1ccnc(C)n1. The first-order chi connectivity index (χ1) is 7.95. The summed E-state index contributed by atoms with van der Waals surface area (Å²) in [6.45, 7) is 4.03. The van der Waals surface area contributed by atoms with Crippen LogP contribution in [0.1, 0.15) is 18.4 Å². The van der Waals surface area contributed by atoms with Crippen molar-refractivity contribution in [3.8, 4) is 0 Å². The molecule has 0 aliphatic rings. The summed E-state index contributed by atoms with van der Waals surface area (Å²) in [7, 11) is -1.58. The molecule has 0 aliphatic carbocycles. The predicted octanol–water partition coefficient (Wildman–Crippen LogP) is -0.188. The van der Waals surface area contributed by atoms with Gasteiger partial charge in [-0.25, -0.2) is 23.1 Å². The van der Waals surface area contributed by atoms with Crippen molar-refractivity contribution in [1.29, 1.82) is 0 Å². The van der Waals surface area contributed by atoms with Gasteiger partial charge < -0.3 is 5.32 Å². The highest BCUT2D eigenvalue weighted by Gasteiger charge is 2.19. The van der Waals surface area contributed by atoms with Gasteiger partial charge in [0.15, 0.2) is 0 Å². The fraction of sp³-hybridized carbons (Fsp3) is 0.600. The van der Waals surface area contributed by atoms with Crippen molar-refractivity contribution in [3.63, 3.8) is 0 Å². The molecule has 0 aromatic carbocycles. The summed E-state index contributed by atoms with van der Waals surface area (Å²) in [6, 6.07) is 1.69. The Kier molecular flexibility index (Phi) is 4.98. The fourth-order valence-corrected chi connectivity index (χ4v) is 2.34. The van der Waals surface area contributed by atoms with E-state index >= 15 is 0 Å². The Morgan fingerprint density at radius 3 is 2.76 bits per heavy atom. The second-order valence-electron chi connectivity index (χ2n) is 3.83. The number of nitrogens with one attached hydrogen (secondary N) is 2. The van der Waals surface area contributed by atoms with Crippen molar-refractivity contribution in [3.05, 3.63) is 23.8 Å². The Labute approximate surface area is 102 Å². The Hall–Kier alpha value is -1.05. The van der Waals surface area contributed by atoms with Crippen LogP contribution in [0.15, 0.2) is 12.3 Å². The van der Waals surface area contributed by atoms with E-state index in [0.717, 1.165) is 0 Å². The summed E-state index contributed by atoms with van der Waals surface area (Å²) >= 11 is 0. The molecule has 1 rings (SSSR count). The lowest BCUT2D eigenvalue weighted by Crippen LogP contribution is -2.37. The topological polar surface area (TPSA) is 84.0 Å². The predicted molar refractivity (Wildman–Crippen MR) is 65.9 cm³/mol. The first-order valence-electron chi connectivity index (χ1n) is 5.37. The second kappa shape index (κ2) is 6.04. The van der Waals surface area contributed by atoms with Crippen molar-refractivity contribution in [2.45, 2.75) is 25.6 Å². The lowest BCUT2D eigenvalue weighted by molar-refractivity contribution is 0.562. The number of aryl methyl sites for hydroxylation is 1. The molecule has 0 radical (unpaired) electrons. The van der Waals surface area contributed by atoms with Gasteiger partial charge in [0.1, 0.15) is 5.82 Å². The zero-order valence-corrected chi connectivity index (χ0v) is 11.1. The monoisotopic (exact) mass is 258 g/mol. The van der Waals surface area contributed by atoms with Gasteiger partial charge in [0.25, 0.3) is 0 Å². The minimum atomic E-state index is -3.31. The maximum atomic E-state index is 11.8. The molecule has 0 amide bonds. The average molecular weight is 258 g/mol. The van der Waals surface area contributed by atoms with E-state index in [1.165, 1.54) is 0 Å². The molecule has 1 atom stereocenters. The van der Waals surface area contributed by atoms with E-state index in [4.69, 9.17) is 0 Å². The van der Waals surface area contributed by atoms with Gasteiger partial charge in [-0.15, -0.1) is 0 Å². The summed E-state index contributed by atoms with van der Waals surface area (Å²) in [5.41, 5.74) is 0.665. The highest BCUT2D eigenvalue weighted by molar-refractivity contribution is 7.90. The van der Waals surface area contributed by atoms with E-state index < -0.39 is 15.3 Å². The van der Waals surface area contributed by atoms with E-state index in [0.29, 0.717) is 18.1 Å². The summed E-state index contributed by atoms with van der Waals surface area (Å²) in [6.07, 6.45) is 1.61. The van der Waals surface area contributed by atoms with Gasteiger partial charge in [-0.1, -0.05) is 0 Å². The first kappa shape index (κ1) is 14.0. The quantitative estimate of drug-likeness (QED) is 0.739. The van der Waals surface area contributed by atoms with Crippen LogP contribution in [0.4, 0.5) is 0 Å². The van der Waals surface area contributed by atoms with Crippen molar-refractivity contribution in [2.24, 2.45) is 0 Å². The van der Waals surface area contributed by atoms with Crippen LogP contribution in [0, 0.1) is 6.92 Å². The molecule has 1 unspecified atom stereocenters. The van der Waals surface area contributed by atoms with Crippen molar-refractivity contribution in [1.82, 2.24) is 20.0 Å². The standard InChI is InChI=1S/C10H18N4O2S/c1-8(6-11-3)17(15,16)13-7-10-4-5-12-9(2)14-10/h4-5,8,11,13H,6-7H2,1-3H3. The molecule has 0 aliphatic heterocycles. The van der Waals surface area contributed by atoms with E-state index in [-0.39, 0.29) is 6.54 Å². The molecule has 1 aromatic rings. The highest BCUT2D eigenvalue weighted by Crippen LogP contribution is 2.00. The maximum absolute atomic E-state index is 11.8. The molecule has 6 nitrogen and oxygen atoms in total. The van der Waals surface area contributed by atoms with E-state index in [9.17, 15) is 8.42 Å². The summed E-state index contributed by atoms with van der Waals surface area (Å²) < 4.78 is 26.1. The molecule has 96 valence electrons. The van der Waals surface area contributed by atoms with Crippen LogP contribution in [-0.2, 0) is 16.6 Å². The normalized spacial score (nSPS) is 13.6. The Morgan fingerprint density at radius 1 is 1.47 bits per heavy atom. The number of sulfonamides is 1. The molecule has 1 heterocycles. The van der Waals surface area contributed by atoms with Gasteiger partial charge in [-0.2, -0.15) is 0 Å².